The van der Waals surface area contributed by atoms with Crippen molar-refractivity contribution in [2.75, 3.05) is 14.1 Å². The number of ketones is 4. The van der Waals surface area contributed by atoms with Gasteiger partial charge in [0, 0.05) is 23.0 Å². The number of benzene rings is 2. The lowest BCUT2D eigenvalue weighted by atomic mass is 9.52. The predicted octanol–water partition coefficient (Wildman–Crippen LogP) is 1.55. The molecular formula is C31H34ClN3O7. The average Bonchev–Trinajstić information content (AvgIpc) is 2.92. The Kier molecular flexibility index (Phi) is 7.42. The number of phenolic OH excluding ortho intramolecular Hbond substituents is 1. The second-order valence-corrected chi connectivity index (χ2v) is 12.7. The van der Waals surface area contributed by atoms with E-state index in [0.717, 1.165) is 5.56 Å². The number of aliphatic hydroxyl groups is 1. The number of nitrogens with zero attached hydrogens (tertiary/aromatic N) is 1. The van der Waals surface area contributed by atoms with Crippen molar-refractivity contribution in [3.8, 4) is 5.75 Å². The number of fused-ring (bicyclic) bond motifs is 3. The van der Waals surface area contributed by atoms with Crippen LogP contribution in [0.3, 0.4) is 0 Å². The maximum absolute atomic E-state index is 13.9. The predicted molar refractivity (Wildman–Crippen MR) is 153 cm³/mol. The van der Waals surface area contributed by atoms with E-state index in [9.17, 15) is 34.2 Å². The summed E-state index contributed by atoms with van der Waals surface area (Å²) in [6.07, 6.45) is 0.0681. The Morgan fingerprint density at radius 3 is 2.38 bits per heavy atom. The third kappa shape index (κ3) is 4.40. The highest BCUT2D eigenvalue weighted by Crippen LogP contribution is 2.51. The van der Waals surface area contributed by atoms with E-state index in [1.165, 1.54) is 11.0 Å². The molecule has 2 aromatic carbocycles. The summed E-state index contributed by atoms with van der Waals surface area (Å²) >= 11 is 6.85. The molecule has 0 radical (unpaired) electrons. The first kappa shape index (κ1) is 30.0. The van der Waals surface area contributed by atoms with Gasteiger partial charge in [0.15, 0.2) is 34.7 Å². The van der Waals surface area contributed by atoms with Crippen LogP contribution in [0.4, 0.5) is 0 Å². The molecule has 2 unspecified atom stereocenters. The summed E-state index contributed by atoms with van der Waals surface area (Å²) in [6.45, 7) is 4.29. The highest BCUT2D eigenvalue weighted by Gasteiger charge is 2.69. The molecule has 5 N–H and O–H groups in total. The molecule has 3 aliphatic rings. The van der Waals surface area contributed by atoms with Crippen LogP contribution in [0.25, 0.3) is 0 Å². The molecule has 2 fully saturated rings. The smallest absolute Gasteiger partial charge is 0.235 e. The molecule has 3 aliphatic carbocycles. The molecule has 0 aromatic heterocycles. The first-order chi connectivity index (χ1) is 19.6. The molecule has 0 saturated heterocycles. The summed E-state index contributed by atoms with van der Waals surface area (Å²) in [7, 11) is 3.08. The van der Waals surface area contributed by atoms with Crippen LogP contribution < -0.4 is 11.1 Å². The van der Waals surface area contributed by atoms with E-state index >= 15 is 0 Å². The fourth-order valence-corrected chi connectivity index (χ4v) is 7.40. The molecule has 0 heterocycles. The van der Waals surface area contributed by atoms with Crippen LogP contribution in [0.15, 0.2) is 36.4 Å². The SMILES string of the molecule is CN(C)[C@@H]1C(=O)C(C(N)=O)C(=O)[C@@]2(O)C(=O)C3C(=O)c4c(O)cc(CNC(C)(C)c5ccccc5)c(Cl)c4C[C@H]3C[C@@H]12. The molecule has 0 spiro atoms. The largest absolute Gasteiger partial charge is 0.507 e. The summed E-state index contributed by atoms with van der Waals surface area (Å²) in [6, 6.07) is 10.0. The zero-order chi connectivity index (χ0) is 30.9. The molecule has 222 valence electrons. The molecular weight excluding hydrogens is 562 g/mol. The van der Waals surface area contributed by atoms with Gasteiger partial charge in [0.2, 0.25) is 5.91 Å². The van der Waals surface area contributed by atoms with Crippen molar-refractivity contribution in [2.45, 2.75) is 50.4 Å². The number of halogens is 1. The summed E-state index contributed by atoms with van der Waals surface area (Å²) < 4.78 is 0. The second kappa shape index (κ2) is 10.4. The Labute approximate surface area is 248 Å². The molecule has 2 saturated carbocycles. The van der Waals surface area contributed by atoms with Gasteiger partial charge in [-0.2, -0.15) is 0 Å². The van der Waals surface area contributed by atoms with Gasteiger partial charge in [0.1, 0.15) is 5.75 Å². The summed E-state index contributed by atoms with van der Waals surface area (Å²) in [5, 5.41) is 26.4. The van der Waals surface area contributed by atoms with Crippen molar-refractivity contribution in [3.05, 3.63) is 63.7 Å². The first-order valence-corrected chi connectivity index (χ1v) is 14.2. The van der Waals surface area contributed by atoms with E-state index < -0.39 is 69.9 Å². The number of hydrogen-bond donors (Lipinski definition) is 4. The van der Waals surface area contributed by atoms with Crippen molar-refractivity contribution in [3.63, 3.8) is 0 Å². The second-order valence-electron chi connectivity index (χ2n) is 12.4. The maximum atomic E-state index is 13.9. The minimum atomic E-state index is -2.76. The van der Waals surface area contributed by atoms with Crippen molar-refractivity contribution in [1.82, 2.24) is 10.2 Å². The summed E-state index contributed by atoms with van der Waals surface area (Å²) in [5.41, 5.74) is 3.99. The standard InChI is InChI=1S/C31H34ClN3O7/c1-30(2,16-8-6-5-7-9-16)34-13-15-12-19(36)21-17(23(15)32)10-14-11-18-24(35(3)4)26(38)22(29(33)41)28(40)31(18,42)27(39)20(14)25(21)37/h5-9,12,14,18,20,22,24,34,36,42H,10-11,13H2,1-4H3,(H2,33,41)/t14-,18-,20?,22?,24-,31-/m0/s1. The molecule has 0 aliphatic heterocycles. The fourth-order valence-electron chi connectivity index (χ4n) is 7.11. The summed E-state index contributed by atoms with van der Waals surface area (Å²) in [4.78, 5) is 67.9. The van der Waals surface area contributed by atoms with Gasteiger partial charge in [0.25, 0.3) is 0 Å². The number of rotatable bonds is 6. The van der Waals surface area contributed by atoms with Crippen LogP contribution in [0.1, 0.15) is 47.3 Å². The van der Waals surface area contributed by atoms with E-state index in [2.05, 4.69) is 5.32 Å². The van der Waals surface area contributed by atoms with E-state index in [1.54, 1.807) is 14.1 Å². The van der Waals surface area contributed by atoms with Crippen LogP contribution >= 0.6 is 11.6 Å². The number of carbonyl (C=O) groups excluding carboxylic acids is 5. The van der Waals surface area contributed by atoms with Crippen LogP contribution in [0, 0.1) is 23.7 Å². The van der Waals surface area contributed by atoms with Gasteiger partial charge in [-0.1, -0.05) is 41.9 Å². The topological polar surface area (TPSA) is 167 Å². The van der Waals surface area contributed by atoms with E-state index in [0.29, 0.717) is 11.1 Å². The van der Waals surface area contributed by atoms with E-state index in [4.69, 9.17) is 17.3 Å². The quantitative estimate of drug-likeness (QED) is 0.362. The van der Waals surface area contributed by atoms with Crippen LogP contribution in [0.2, 0.25) is 5.02 Å². The minimum absolute atomic E-state index is 0.0372. The van der Waals surface area contributed by atoms with Crippen molar-refractivity contribution >= 4 is 40.6 Å². The molecule has 2 aromatic rings. The molecule has 6 atom stereocenters. The monoisotopic (exact) mass is 595 g/mol. The highest BCUT2D eigenvalue weighted by molar-refractivity contribution is 6.34. The van der Waals surface area contributed by atoms with Gasteiger partial charge >= 0.3 is 0 Å². The van der Waals surface area contributed by atoms with E-state index in [-0.39, 0.29) is 35.7 Å². The number of likely N-dealkylation sites (N-methyl/N-ethyl adjacent to an activating group) is 1. The van der Waals surface area contributed by atoms with Gasteiger partial charge in [-0.05, 0) is 69.5 Å². The lowest BCUT2D eigenvalue weighted by Crippen LogP contribution is -2.74. The number of Topliss-reactive ketones (excluding diaryl/α,β-unsaturated/α-hetero) is 4. The fraction of sp³-hybridized carbons (Fsp3) is 0.452. The number of phenols is 1. The number of amides is 1. The molecule has 0 bridgehead atoms. The lowest BCUT2D eigenvalue weighted by molar-refractivity contribution is -0.181. The van der Waals surface area contributed by atoms with Crippen molar-refractivity contribution in [2.24, 2.45) is 29.4 Å². The minimum Gasteiger partial charge on any atom is -0.507 e. The number of carbonyl (C=O) groups is 5. The highest BCUT2D eigenvalue weighted by atomic mass is 35.5. The molecule has 10 nitrogen and oxygen atoms in total. The first-order valence-electron chi connectivity index (χ1n) is 13.8. The van der Waals surface area contributed by atoms with Gasteiger partial charge in [0.05, 0.1) is 17.5 Å². The number of nitrogens with one attached hydrogen (secondary N) is 1. The van der Waals surface area contributed by atoms with Crippen molar-refractivity contribution in [1.29, 1.82) is 0 Å². The third-order valence-corrected chi connectivity index (χ3v) is 9.76. The number of primary amides is 1. The Morgan fingerprint density at radius 1 is 1.14 bits per heavy atom. The summed E-state index contributed by atoms with van der Waals surface area (Å²) in [5.74, 6) is -10.9. The Bertz CT molecular complexity index is 1520. The van der Waals surface area contributed by atoms with E-state index in [1.807, 2.05) is 44.2 Å². The van der Waals surface area contributed by atoms with Crippen LogP contribution in [0.5, 0.6) is 5.75 Å². The van der Waals surface area contributed by atoms with Crippen LogP contribution in [-0.4, -0.2) is 69.9 Å². The van der Waals surface area contributed by atoms with Gasteiger partial charge in [-0.3, -0.25) is 28.9 Å². The maximum Gasteiger partial charge on any atom is 0.235 e. The van der Waals surface area contributed by atoms with Gasteiger partial charge < -0.3 is 21.3 Å². The molecule has 11 heteroatoms. The molecule has 1 amide bonds. The van der Waals surface area contributed by atoms with Gasteiger partial charge in [-0.15, -0.1) is 0 Å². The molecule has 5 rings (SSSR count). The van der Waals surface area contributed by atoms with Crippen molar-refractivity contribution < 1.29 is 34.2 Å². The number of aromatic hydroxyl groups is 1. The number of nitrogens with two attached hydrogens (primary N) is 1. The Hall–Kier alpha value is -3.44. The Morgan fingerprint density at radius 2 is 1.79 bits per heavy atom. The average molecular weight is 596 g/mol. The van der Waals surface area contributed by atoms with Gasteiger partial charge in [-0.25, -0.2) is 0 Å². The normalized spacial score (nSPS) is 29.3. The number of hydrogen-bond acceptors (Lipinski definition) is 9. The third-order valence-electron chi connectivity index (χ3n) is 9.29. The zero-order valence-electron chi connectivity index (χ0n) is 23.8. The lowest BCUT2D eigenvalue weighted by Gasteiger charge is -2.52. The zero-order valence-corrected chi connectivity index (χ0v) is 24.6. The Balaban J connectivity index is 1.52. The van der Waals surface area contributed by atoms with Crippen LogP contribution in [-0.2, 0) is 37.7 Å². The molecule has 42 heavy (non-hydrogen) atoms.